The summed E-state index contributed by atoms with van der Waals surface area (Å²) in [6, 6.07) is 0.675. The van der Waals surface area contributed by atoms with E-state index in [9.17, 15) is 9.59 Å². The molecule has 8 nitrogen and oxygen atoms in total. The van der Waals surface area contributed by atoms with E-state index >= 15 is 0 Å². The van der Waals surface area contributed by atoms with Crippen molar-refractivity contribution in [1.29, 1.82) is 0 Å². The average Bonchev–Trinajstić information content (AvgIpc) is 2.28. The standard InChI is InChI=1S/C5H12N2.C4H6O6/c1-5-4-6-2-3-7-5;5-1(3(7)8)2(6)4(9)10/h5-7H,2-4H2,1H3;1-2,5-6H,(H,7,8)(H,9,10)/t5-;1-,2-/m00/s1. The van der Waals surface area contributed by atoms with Gasteiger partial charge in [0.15, 0.2) is 12.2 Å². The van der Waals surface area contributed by atoms with Crippen molar-refractivity contribution < 1.29 is 30.0 Å². The van der Waals surface area contributed by atoms with Crippen LogP contribution in [0.2, 0.25) is 0 Å². The van der Waals surface area contributed by atoms with Crippen LogP contribution in [0.15, 0.2) is 0 Å². The third-order valence-electron chi connectivity index (χ3n) is 2.05. The molecule has 1 rings (SSSR count). The largest absolute Gasteiger partial charge is 0.479 e. The molecule has 1 aliphatic heterocycles. The van der Waals surface area contributed by atoms with Crippen molar-refractivity contribution in [3.05, 3.63) is 0 Å². The minimum Gasteiger partial charge on any atom is -0.479 e. The summed E-state index contributed by atoms with van der Waals surface area (Å²) in [5, 5.41) is 39.1. The Hall–Kier alpha value is -1.22. The Kier molecular flexibility index (Phi) is 7.39. The summed E-state index contributed by atoms with van der Waals surface area (Å²) in [6.45, 7) is 5.57. The van der Waals surface area contributed by atoms with Gasteiger partial charge in [0.1, 0.15) is 0 Å². The van der Waals surface area contributed by atoms with Gasteiger partial charge in [0.05, 0.1) is 0 Å². The number of aliphatic hydroxyl groups excluding tert-OH is 2. The second-order valence-corrected chi connectivity index (χ2v) is 3.63. The minimum absolute atomic E-state index is 0.675. The molecular weight excluding hydrogens is 232 g/mol. The number of piperazine rings is 1. The number of carboxylic acid groups (broad SMARTS) is 2. The van der Waals surface area contributed by atoms with Crippen molar-refractivity contribution >= 4 is 11.9 Å². The van der Waals surface area contributed by atoms with E-state index in [0.29, 0.717) is 6.04 Å². The third-order valence-corrected chi connectivity index (χ3v) is 2.05. The highest BCUT2D eigenvalue weighted by Crippen LogP contribution is 1.92. The van der Waals surface area contributed by atoms with E-state index in [1.54, 1.807) is 0 Å². The SMILES string of the molecule is C[C@H]1CNCCN1.O=C(O)[C@@H](O)[C@H](O)C(=O)O. The third kappa shape index (κ3) is 6.84. The van der Waals surface area contributed by atoms with Crippen molar-refractivity contribution in [3.8, 4) is 0 Å². The van der Waals surface area contributed by atoms with Crippen LogP contribution in [0.3, 0.4) is 0 Å². The zero-order valence-electron chi connectivity index (χ0n) is 9.46. The maximum atomic E-state index is 9.77. The molecule has 0 unspecified atom stereocenters. The number of aliphatic hydroxyl groups is 2. The summed E-state index contributed by atoms with van der Waals surface area (Å²) < 4.78 is 0. The van der Waals surface area contributed by atoms with Crippen LogP contribution in [0, 0.1) is 0 Å². The summed E-state index contributed by atoms with van der Waals surface area (Å²) in [5.41, 5.74) is 0. The summed E-state index contributed by atoms with van der Waals surface area (Å²) >= 11 is 0. The van der Waals surface area contributed by atoms with Gasteiger partial charge < -0.3 is 31.1 Å². The molecule has 0 amide bonds. The highest BCUT2D eigenvalue weighted by Gasteiger charge is 2.29. The van der Waals surface area contributed by atoms with Crippen molar-refractivity contribution in [1.82, 2.24) is 10.6 Å². The molecule has 0 aromatic rings. The molecule has 100 valence electrons. The van der Waals surface area contributed by atoms with E-state index in [2.05, 4.69) is 17.6 Å². The van der Waals surface area contributed by atoms with Crippen LogP contribution in [0.4, 0.5) is 0 Å². The summed E-state index contributed by atoms with van der Waals surface area (Å²) in [4.78, 5) is 19.5. The topological polar surface area (TPSA) is 139 Å². The van der Waals surface area contributed by atoms with Crippen LogP contribution >= 0.6 is 0 Å². The molecule has 0 aromatic carbocycles. The molecule has 1 heterocycles. The molecule has 1 saturated heterocycles. The van der Waals surface area contributed by atoms with Crippen LogP contribution in [0.25, 0.3) is 0 Å². The van der Waals surface area contributed by atoms with Crippen molar-refractivity contribution in [2.75, 3.05) is 19.6 Å². The van der Waals surface area contributed by atoms with Crippen LogP contribution in [-0.4, -0.2) is 70.2 Å². The molecule has 0 aliphatic carbocycles. The zero-order valence-corrected chi connectivity index (χ0v) is 9.46. The van der Waals surface area contributed by atoms with Gasteiger partial charge in [-0.1, -0.05) is 0 Å². The lowest BCUT2D eigenvalue weighted by atomic mass is 10.2. The Bertz CT molecular complexity index is 236. The van der Waals surface area contributed by atoms with Gasteiger partial charge in [-0.15, -0.1) is 0 Å². The lowest BCUT2D eigenvalue weighted by molar-refractivity contribution is -0.165. The normalized spacial score (nSPS) is 22.9. The minimum atomic E-state index is -2.27. The van der Waals surface area contributed by atoms with Gasteiger partial charge in [0.2, 0.25) is 0 Å². The predicted molar refractivity (Wildman–Crippen MR) is 57.6 cm³/mol. The van der Waals surface area contributed by atoms with Gasteiger partial charge >= 0.3 is 11.9 Å². The monoisotopic (exact) mass is 250 g/mol. The number of carboxylic acids is 2. The fourth-order valence-electron chi connectivity index (χ4n) is 1.07. The number of rotatable bonds is 3. The van der Waals surface area contributed by atoms with Crippen LogP contribution in [0.5, 0.6) is 0 Å². The molecular formula is C9H18N2O6. The number of aliphatic carboxylic acids is 2. The quantitative estimate of drug-likeness (QED) is 0.321. The van der Waals surface area contributed by atoms with Crippen LogP contribution < -0.4 is 10.6 Å². The molecule has 3 atom stereocenters. The molecule has 1 aliphatic rings. The van der Waals surface area contributed by atoms with Crippen molar-refractivity contribution in [2.45, 2.75) is 25.2 Å². The summed E-state index contributed by atoms with van der Waals surface area (Å²) in [5.74, 6) is -3.54. The van der Waals surface area contributed by atoms with Gasteiger partial charge in [0, 0.05) is 25.7 Å². The molecule has 17 heavy (non-hydrogen) atoms. The molecule has 0 saturated carbocycles. The lowest BCUT2D eigenvalue weighted by Crippen LogP contribution is -2.46. The Labute approximate surface area is 98.3 Å². The molecule has 1 fully saturated rings. The fourth-order valence-corrected chi connectivity index (χ4v) is 1.07. The van der Waals surface area contributed by atoms with E-state index < -0.39 is 24.1 Å². The van der Waals surface area contributed by atoms with E-state index in [1.807, 2.05) is 0 Å². The number of nitrogens with one attached hydrogen (secondary N) is 2. The maximum Gasteiger partial charge on any atom is 0.335 e. The Balaban J connectivity index is 0.000000318. The Morgan fingerprint density at radius 2 is 1.59 bits per heavy atom. The molecule has 6 N–H and O–H groups in total. The second-order valence-electron chi connectivity index (χ2n) is 3.63. The first-order chi connectivity index (χ1) is 7.86. The first-order valence-corrected chi connectivity index (χ1v) is 5.12. The van der Waals surface area contributed by atoms with E-state index in [4.69, 9.17) is 20.4 Å². The zero-order chi connectivity index (χ0) is 13.4. The molecule has 8 heteroatoms. The molecule has 0 spiro atoms. The fraction of sp³-hybridized carbons (Fsp3) is 0.778. The summed E-state index contributed by atoms with van der Waals surface area (Å²) in [7, 11) is 0. The number of hydrogen-bond donors (Lipinski definition) is 6. The van der Waals surface area contributed by atoms with Gasteiger partial charge in [-0.05, 0) is 6.92 Å². The van der Waals surface area contributed by atoms with E-state index in [1.165, 1.54) is 0 Å². The average molecular weight is 250 g/mol. The lowest BCUT2D eigenvalue weighted by Gasteiger charge is -2.19. The van der Waals surface area contributed by atoms with Crippen LogP contribution in [-0.2, 0) is 9.59 Å². The number of carbonyl (C=O) groups is 2. The maximum absolute atomic E-state index is 9.77. The summed E-state index contributed by atoms with van der Waals surface area (Å²) in [6.07, 6.45) is -4.53. The first-order valence-electron chi connectivity index (χ1n) is 5.12. The smallest absolute Gasteiger partial charge is 0.335 e. The van der Waals surface area contributed by atoms with Gasteiger partial charge in [-0.3, -0.25) is 0 Å². The van der Waals surface area contributed by atoms with Gasteiger partial charge in [-0.2, -0.15) is 0 Å². The van der Waals surface area contributed by atoms with Crippen molar-refractivity contribution in [3.63, 3.8) is 0 Å². The number of hydrogen-bond acceptors (Lipinski definition) is 6. The molecule has 0 aromatic heterocycles. The highest BCUT2D eigenvalue weighted by molar-refractivity contribution is 5.83. The Morgan fingerprint density at radius 3 is 1.76 bits per heavy atom. The van der Waals surface area contributed by atoms with Crippen molar-refractivity contribution in [2.24, 2.45) is 0 Å². The van der Waals surface area contributed by atoms with Gasteiger partial charge in [-0.25, -0.2) is 9.59 Å². The second kappa shape index (κ2) is 7.96. The van der Waals surface area contributed by atoms with E-state index in [0.717, 1.165) is 19.6 Å². The van der Waals surface area contributed by atoms with Gasteiger partial charge in [0.25, 0.3) is 0 Å². The molecule has 0 radical (unpaired) electrons. The van der Waals surface area contributed by atoms with E-state index in [-0.39, 0.29) is 0 Å². The predicted octanol–water partition coefficient (Wildman–Crippen LogP) is -2.55. The Morgan fingerprint density at radius 1 is 1.12 bits per heavy atom. The first kappa shape index (κ1) is 15.8. The van der Waals surface area contributed by atoms with Crippen LogP contribution in [0.1, 0.15) is 6.92 Å². The highest BCUT2D eigenvalue weighted by atomic mass is 16.4. The molecule has 0 bridgehead atoms.